The number of hydrogen-bond acceptors (Lipinski definition) is 3. The van der Waals surface area contributed by atoms with Crippen LogP contribution < -0.4 is 0 Å². The van der Waals surface area contributed by atoms with Gasteiger partial charge in [0.05, 0.1) is 10.6 Å². The van der Waals surface area contributed by atoms with Crippen molar-refractivity contribution in [1.29, 1.82) is 0 Å². The lowest BCUT2D eigenvalue weighted by atomic mass is 10.1. The zero-order chi connectivity index (χ0) is 20.1. The van der Waals surface area contributed by atoms with Crippen LogP contribution in [-0.2, 0) is 22.1 Å². The fourth-order valence-electron chi connectivity index (χ4n) is 2.94. The molecule has 3 rings (SSSR count). The van der Waals surface area contributed by atoms with E-state index >= 15 is 0 Å². The Hall–Kier alpha value is -2.92. The van der Waals surface area contributed by atoms with Crippen molar-refractivity contribution in [2.75, 3.05) is 7.05 Å². The molecule has 0 N–H and O–H groups in total. The Morgan fingerprint density at radius 2 is 1.43 bits per heavy atom. The van der Waals surface area contributed by atoms with Crippen molar-refractivity contribution in [3.63, 3.8) is 0 Å². The number of carbonyl (C=O) groups is 1. The summed E-state index contributed by atoms with van der Waals surface area (Å²) in [6, 6.07) is 23.4. The highest BCUT2D eigenvalue weighted by Crippen LogP contribution is 2.18. The minimum atomic E-state index is -3.42. The number of benzene rings is 3. The molecule has 0 heterocycles. The quantitative estimate of drug-likeness (QED) is 0.629. The Balaban J connectivity index is 1.69. The minimum absolute atomic E-state index is 0.0929. The van der Waals surface area contributed by atoms with E-state index in [4.69, 9.17) is 0 Å². The molecule has 0 saturated carbocycles. The highest BCUT2D eigenvalue weighted by Gasteiger charge is 2.16. The van der Waals surface area contributed by atoms with Crippen LogP contribution in [0.2, 0.25) is 0 Å². The van der Waals surface area contributed by atoms with Gasteiger partial charge < -0.3 is 4.90 Å². The first-order valence-corrected chi connectivity index (χ1v) is 10.7. The second kappa shape index (κ2) is 8.40. The van der Waals surface area contributed by atoms with Crippen LogP contribution in [0.15, 0.2) is 83.8 Å². The molecule has 0 aliphatic heterocycles. The van der Waals surface area contributed by atoms with E-state index in [0.29, 0.717) is 22.6 Å². The molecule has 144 valence electrons. The van der Waals surface area contributed by atoms with E-state index in [1.165, 1.54) is 0 Å². The molecule has 3 aromatic rings. The summed E-state index contributed by atoms with van der Waals surface area (Å²) in [5.74, 6) is -0.193. The molecule has 3 aromatic carbocycles. The van der Waals surface area contributed by atoms with Crippen LogP contribution >= 0.6 is 0 Å². The van der Waals surface area contributed by atoms with Crippen molar-refractivity contribution in [2.45, 2.75) is 24.1 Å². The monoisotopic (exact) mass is 393 g/mol. The van der Waals surface area contributed by atoms with Gasteiger partial charge in [-0.2, -0.15) is 0 Å². The third kappa shape index (κ3) is 4.87. The highest BCUT2D eigenvalue weighted by atomic mass is 32.2. The molecule has 0 bridgehead atoms. The van der Waals surface area contributed by atoms with Crippen LogP contribution in [0.3, 0.4) is 0 Å². The maximum atomic E-state index is 12.6. The molecule has 0 unspecified atom stereocenters. The molecule has 0 aliphatic rings. The molecular weight excluding hydrogens is 370 g/mol. The van der Waals surface area contributed by atoms with Crippen LogP contribution in [0.4, 0.5) is 0 Å². The predicted molar refractivity (Wildman–Crippen MR) is 111 cm³/mol. The zero-order valence-electron chi connectivity index (χ0n) is 16.0. The van der Waals surface area contributed by atoms with Crippen molar-refractivity contribution in [2.24, 2.45) is 0 Å². The van der Waals surface area contributed by atoms with Gasteiger partial charge >= 0.3 is 0 Å². The molecule has 0 fully saturated rings. The first kappa shape index (κ1) is 19.8. The van der Waals surface area contributed by atoms with Crippen LogP contribution in [0.1, 0.15) is 27.0 Å². The van der Waals surface area contributed by atoms with E-state index in [2.05, 4.69) is 0 Å². The molecule has 5 heteroatoms. The molecule has 1 amide bonds. The predicted octanol–water partition coefficient (Wildman–Crippen LogP) is 4.24. The van der Waals surface area contributed by atoms with Crippen molar-refractivity contribution in [3.8, 4) is 0 Å². The average Bonchev–Trinajstić information content (AvgIpc) is 2.69. The summed E-state index contributed by atoms with van der Waals surface area (Å²) < 4.78 is 25.1. The summed E-state index contributed by atoms with van der Waals surface area (Å²) in [5, 5.41) is 0. The van der Waals surface area contributed by atoms with Gasteiger partial charge in [0, 0.05) is 19.2 Å². The summed E-state index contributed by atoms with van der Waals surface area (Å²) in [7, 11) is -1.66. The number of amides is 1. The molecule has 0 atom stereocenters. The Bertz CT molecular complexity index is 1040. The molecule has 4 nitrogen and oxygen atoms in total. The first-order chi connectivity index (χ1) is 13.3. The Labute approximate surface area is 166 Å². The van der Waals surface area contributed by atoms with Gasteiger partial charge in [-0.05, 0) is 42.3 Å². The maximum Gasteiger partial charge on any atom is 0.253 e. The topological polar surface area (TPSA) is 54.5 Å². The Kier molecular flexibility index (Phi) is 5.95. The number of nitrogens with zero attached hydrogens (tertiary/aromatic N) is 1. The summed E-state index contributed by atoms with van der Waals surface area (Å²) in [5.41, 5.74) is 3.26. The van der Waals surface area contributed by atoms with Crippen LogP contribution in [-0.4, -0.2) is 26.3 Å². The van der Waals surface area contributed by atoms with Gasteiger partial charge in [0.15, 0.2) is 9.84 Å². The lowest BCUT2D eigenvalue weighted by Crippen LogP contribution is -2.26. The molecule has 0 spiro atoms. The number of carbonyl (C=O) groups excluding carboxylic acids is 1. The lowest BCUT2D eigenvalue weighted by Gasteiger charge is -2.17. The van der Waals surface area contributed by atoms with Gasteiger partial charge in [-0.15, -0.1) is 0 Å². The fourth-order valence-corrected chi connectivity index (χ4v) is 4.29. The van der Waals surface area contributed by atoms with Gasteiger partial charge in [0.25, 0.3) is 5.91 Å². The van der Waals surface area contributed by atoms with E-state index in [1.54, 1.807) is 60.5 Å². The molecule has 0 radical (unpaired) electrons. The number of rotatable bonds is 6. The number of aryl methyl sites for hydroxylation is 1. The maximum absolute atomic E-state index is 12.6. The Morgan fingerprint density at radius 1 is 0.821 bits per heavy atom. The standard InChI is InChI=1S/C23H23NO3S/c1-18-8-14-22(15-9-18)28(26,27)17-20-10-12-21(13-11-20)23(25)24(2)16-19-6-4-3-5-7-19/h3-15H,16-17H2,1-2H3. The van der Waals surface area contributed by atoms with Gasteiger partial charge in [0.2, 0.25) is 0 Å². The summed E-state index contributed by atoms with van der Waals surface area (Å²) in [4.78, 5) is 14.6. The highest BCUT2D eigenvalue weighted by molar-refractivity contribution is 7.90. The van der Waals surface area contributed by atoms with E-state index in [9.17, 15) is 13.2 Å². The van der Waals surface area contributed by atoms with Crippen molar-refractivity contribution in [1.82, 2.24) is 4.90 Å². The van der Waals surface area contributed by atoms with E-state index < -0.39 is 9.84 Å². The summed E-state index contributed by atoms with van der Waals surface area (Å²) in [6.07, 6.45) is 0. The van der Waals surface area contributed by atoms with Crippen LogP contribution in [0.25, 0.3) is 0 Å². The molecule has 0 aliphatic carbocycles. The minimum Gasteiger partial charge on any atom is -0.337 e. The molecular formula is C23H23NO3S. The van der Waals surface area contributed by atoms with Gasteiger partial charge in [-0.3, -0.25) is 4.79 Å². The fraction of sp³-hybridized carbons (Fsp3) is 0.174. The van der Waals surface area contributed by atoms with Gasteiger partial charge in [0.1, 0.15) is 0 Å². The molecule has 0 aromatic heterocycles. The second-order valence-corrected chi connectivity index (χ2v) is 8.91. The summed E-state index contributed by atoms with van der Waals surface area (Å²) in [6.45, 7) is 2.43. The third-order valence-corrected chi connectivity index (χ3v) is 6.25. The zero-order valence-corrected chi connectivity index (χ0v) is 16.8. The SMILES string of the molecule is Cc1ccc(S(=O)(=O)Cc2ccc(C(=O)N(C)Cc3ccccc3)cc2)cc1. The third-order valence-electron chi connectivity index (χ3n) is 4.55. The van der Waals surface area contributed by atoms with Crippen molar-refractivity contribution < 1.29 is 13.2 Å². The summed E-state index contributed by atoms with van der Waals surface area (Å²) >= 11 is 0. The largest absolute Gasteiger partial charge is 0.337 e. The average molecular weight is 394 g/mol. The Morgan fingerprint density at radius 3 is 2.04 bits per heavy atom. The van der Waals surface area contributed by atoms with E-state index in [-0.39, 0.29) is 11.7 Å². The normalized spacial score (nSPS) is 11.2. The van der Waals surface area contributed by atoms with Crippen LogP contribution in [0, 0.1) is 6.92 Å². The second-order valence-electron chi connectivity index (χ2n) is 6.92. The van der Waals surface area contributed by atoms with E-state index in [0.717, 1.165) is 11.1 Å². The van der Waals surface area contributed by atoms with Crippen molar-refractivity contribution >= 4 is 15.7 Å². The first-order valence-electron chi connectivity index (χ1n) is 9.03. The smallest absolute Gasteiger partial charge is 0.253 e. The van der Waals surface area contributed by atoms with E-state index in [1.807, 2.05) is 37.3 Å². The number of sulfone groups is 1. The van der Waals surface area contributed by atoms with Crippen molar-refractivity contribution in [3.05, 3.63) is 101 Å². The molecule has 28 heavy (non-hydrogen) atoms. The molecule has 0 saturated heterocycles. The van der Waals surface area contributed by atoms with Gasteiger partial charge in [-0.1, -0.05) is 60.2 Å². The van der Waals surface area contributed by atoms with Gasteiger partial charge in [-0.25, -0.2) is 8.42 Å². The van der Waals surface area contributed by atoms with Crippen LogP contribution in [0.5, 0.6) is 0 Å². The number of hydrogen-bond donors (Lipinski definition) is 0. The lowest BCUT2D eigenvalue weighted by molar-refractivity contribution is 0.0785.